The van der Waals surface area contributed by atoms with Crippen LogP contribution in [0.1, 0.15) is 31.9 Å². The van der Waals surface area contributed by atoms with Gasteiger partial charge in [0.1, 0.15) is 35.4 Å². The second kappa shape index (κ2) is 20.1. The van der Waals surface area contributed by atoms with Crippen LogP contribution in [0.15, 0.2) is 79.0 Å². The fourth-order valence-corrected chi connectivity index (χ4v) is 6.34. The summed E-state index contributed by atoms with van der Waals surface area (Å²) in [5, 5.41) is 10.2. The van der Waals surface area contributed by atoms with Crippen molar-refractivity contribution in [2.45, 2.75) is 31.9 Å². The van der Waals surface area contributed by atoms with E-state index in [1.165, 1.54) is 7.11 Å². The lowest BCUT2D eigenvalue weighted by atomic mass is 9.85. The molecule has 0 radical (unpaired) electrons. The predicted octanol–water partition coefficient (Wildman–Crippen LogP) is 7.57. The summed E-state index contributed by atoms with van der Waals surface area (Å²) < 4.78 is 72.3. The normalized spacial score (nSPS) is 11.6. The van der Waals surface area contributed by atoms with Gasteiger partial charge in [0.05, 0.1) is 58.6 Å². The van der Waals surface area contributed by atoms with Crippen LogP contribution in [0, 0.1) is 0 Å². The Labute approximate surface area is 337 Å². The number of anilines is 4. The van der Waals surface area contributed by atoms with Gasteiger partial charge in [-0.05, 0) is 29.2 Å². The largest absolute Gasteiger partial charge is 0.497 e. The third kappa shape index (κ3) is 12.6. The SMILES string of the molecule is COCCOCCOCCOc1cc(Nc2nccc(Oc3ccc(NC(=O)Nc4cc(C(C)(C)C)cc(CS(=O)(=O)O)c4OC)c4ccccc34)n2)cc(OC)c1. The highest BCUT2D eigenvalue weighted by Gasteiger charge is 2.23. The molecule has 2 amide bonds. The molecule has 1 aromatic heterocycles. The minimum Gasteiger partial charge on any atom is -0.497 e. The number of carbonyl (C=O) groups is 1. The summed E-state index contributed by atoms with van der Waals surface area (Å²) >= 11 is 0. The highest BCUT2D eigenvalue weighted by atomic mass is 32.2. The van der Waals surface area contributed by atoms with Crippen LogP contribution in [-0.4, -0.2) is 89.9 Å². The molecule has 310 valence electrons. The van der Waals surface area contributed by atoms with E-state index in [0.717, 1.165) is 5.56 Å². The molecular weight excluding hydrogens is 771 g/mol. The Morgan fingerprint density at radius 1 is 0.776 bits per heavy atom. The maximum Gasteiger partial charge on any atom is 0.323 e. The second-order valence-electron chi connectivity index (χ2n) is 13.8. The number of methoxy groups -OCH3 is 3. The molecule has 4 N–H and O–H groups in total. The van der Waals surface area contributed by atoms with Crippen LogP contribution in [-0.2, 0) is 35.5 Å². The Morgan fingerprint density at radius 2 is 1.47 bits per heavy atom. The van der Waals surface area contributed by atoms with E-state index in [0.29, 0.717) is 79.0 Å². The van der Waals surface area contributed by atoms with E-state index >= 15 is 0 Å². The van der Waals surface area contributed by atoms with E-state index < -0.39 is 27.3 Å². The number of amides is 2. The molecule has 5 rings (SSSR count). The number of nitrogens with zero attached hydrogens (tertiary/aromatic N) is 2. The average molecular weight is 820 g/mol. The molecule has 1 heterocycles. The minimum absolute atomic E-state index is 0.116. The van der Waals surface area contributed by atoms with Gasteiger partial charge in [0.2, 0.25) is 11.8 Å². The molecule has 4 aromatic carbocycles. The number of ether oxygens (including phenoxy) is 7. The van der Waals surface area contributed by atoms with Gasteiger partial charge in [0, 0.05) is 59.6 Å². The third-order valence-electron chi connectivity index (χ3n) is 8.47. The van der Waals surface area contributed by atoms with Gasteiger partial charge in [-0.2, -0.15) is 13.4 Å². The number of rotatable bonds is 20. The number of hydrogen-bond acceptors (Lipinski definition) is 13. The molecule has 17 heteroatoms. The second-order valence-corrected chi connectivity index (χ2v) is 15.3. The van der Waals surface area contributed by atoms with E-state index in [-0.39, 0.29) is 28.8 Å². The number of hydrogen-bond donors (Lipinski definition) is 4. The average Bonchev–Trinajstić information content (AvgIpc) is 3.17. The Balaban J connectivity index is 1.28. The van der Waals surface area contributed by atoms with Crippen LogP contribution < -0.4 is 34.9 Å². The molecular formula is C41H49N5O11S. The number of urea groups is 1. The lowest BCUT2D eigenvalue weighted by Gasteiger charge is -2.23. The van der Waals surface area contributed by atoms with Gasteiger partial charge in [0.25, 0.3) is 10.1 Å². The number of aromatic nitrogens is 2. The van der Waals surface area contributed by atoms with Crippen molar-refractivity contribution < 1.29 is 50.9 Å². The third-order valence-corrected chi connectivity index (χ3v) is 9.15. The zero-order valence-electron chi connectivity index (χ0n) is 33.3. The molecule has 0 fully saturated rings. The van der Waals surface area contributed by atoms with Crippen molar-refractivity contribution in [1.29, 1.82) is 0 Å². The first-order valence-corrected chi connectivity index (χ1v) is 19.9. The molecule has 0 aliphatic carbocycles. The van der Waals surface area contributed by atoms with Gasteiger partial charge < -0.3 is 49.1 Å². The predicted molar refractivity (Wildman–Crippen MR) is 221 cm³/mol. The van der Waals surface area contributed by atoms with E-state index in [4.69, 9.17) is 33.2 Å². The Bertz CT molecular complexity index is 2280. The van der Waals surface area contributed by atoms with Gasteiger partial charge >= 0.3 is 6.03 Å². The van der Waals surface area contributed by atoms with Gasteiger partial charge in [-0.1, -0.05) is 51.1 Å². The molecule has 0 saturated carbocycles. The van der Waals surface area contributed by atoms with Gasteiger partial charge in [-0.15, -0.1) is 0 Å². The molecule has 16 nitrogen and oxygen atoms in total. The van der Waals surface area contributed by atoms with E-state index in [1.807, 2.05) is 45.0 Å². The van der Waals surface area contributed by atoms with Crippen molar-refractivity contribution in [2.75, 3.05) is 76.9 Å². The Hall–Kier alpha value is -5.72. The van der Waals surface area contributed by atoms with E-state index in [2.05, 4.69) is 25.9 Å². The summed E-state index contributed by atoms with van der Waals surface area (Å²) in [7, 11) is 0.150. The minimum atomic E-state index is -4.40. The summed E-state index contributed by atoms with van der Waals surface area (Å²) in [5.41, 5.74) is 1.86. The number of benzene rings is 4. The zero-order chi connectivity index (χ0) is 41.7. The van der Waals surface area contributed by atoms with Crippen LogP contribution in [0.4, 0.5) is 27.8 Å². The van der Waals surface area contributed by atoms with Crippen LogP contribution >= 0.6 is 0 Å². The monoisotopic (exact) mass is 819 g/mol. The van der Waals surface area contributed by atoms with Gasteiger partial charge in [0.15, 0.2) is 0 Å². The molecule has 0 saturated heterocycles. The van der Waals surface area contributed by atoms with Crippen molar-refractivity contribution in [1.82, 2.24) is 9.97 Å². The highest BCUT2D eigenvalue weighted by Crippen LogP contribution is 2.38. The fraction of sp³-hybridized carbons (Fsp3) is 0.341. The topological polar surface area (TPSA) is 198 Å². The lowest BCUT2D eigenvalue weighted by molar-refractivity contribution is 0.0179. The fourth-order valence-electron chi connectivity index (χ4n) is 5.73. The van der Waals surface area contributed by atoms with Crippen LogP contribution in [0.3, 0.4) is 0 Å². The summed E-state index contributed by atoms with van der Waals surface area (Å²) in [6, 6.07) is 20.5. The quantitative estimate of drug-likeness (QED) is 0.0443. The van der Waals surface area contributed by atoms with Crippen molar-refractivity contribution in [3.63, 3.8) is 0 Å². The zero-order valence-corrected chi connectivity index (χ0v) is 34.1. The Morgan fingerprint density at radius 3 is 2.16 bits per heavy atom. The van der Waals surface area contributed by atoms with Gasteiger partial charge in [-0.3, -0.25) is 4.55 Å². The highest BCUT2D eigenvalue weighted by molar-refractivity contribution is 7.85. The van der Waals surface area contributed by atoms with Crippen molar-refractivity contribution >= 4 is 49.9 Å². The maximum absolute atomic E-state index is 13.5. The summed E-state index contributed by atoms with van der Waals surface area (Å²) in [6.07, 6.45) is 1.56. The van der Waals surface area contributed by atoms with Crippen molar-refractivity contribution in [2.24, 2.45) is 0 Å². The molecule has 5 aromatic rings. The molecule has 0 aliphatic heterocycles. The number of fused-ring (bicyclic) bond motifs is 1. The van der Waals surface area contributed by atoms with E-state index in [9.17, 15) is 17.8 Å². The molecule has 0 bridgehead atoms. The first-order valence-electron chi connectivity index (χ1n) is 18.3. The van der Waals surface area contributed by atoms with Crippen LogP contribution in [0.25, 0.3) is 10.8 Å². The summed E-state index contributed by atoms with van der Waals surface area (Å²) in [6.45, 7) is 8.49. The molecule has 58 heavy (non-hydrogen) atoms. The molecule has 0 atom stereocenters. The van der Waals surface area contributed by atoms with Crippen molar-refractivity contribution in [3.05, 3.63) is 90.1 Å². The molecule has 0 aliphatic rings. The molecule has 0 spiro atoms. The Kier molecular flexibility index (Phi) is 15.1. The number of nitrogens with one attached hydrogen (secondary N) is 3. The first-order chi connectivity index (χ1) is 27.8. The van der Waals surface area contributed by atoms with E-state index in [1.54, 1.807) is 68.9 Å². The van der Waals surface area contributed by atoms with Crippen LogP contribution in [0.2, 0.25) is 0 Å². The standard InChI is InChI=1S/C41H49N5O11S/c1-41(2,3)28-21-27(26-58(48,49)50)38(53-6)35(22-28)45-40(47)44-34-11-12-36(33-10-8-7-9-32(33)34)57-37-13-14-42-39(46-37)43-29-23-30(52-5)25-31(24-29)56-20-19-55-18-17-54-16-15-51-4/h7-14,21-25H,15-20,26H2,1-6H3,(H,42,43,46)(H2,44,45,47)(H,48,49,50). The van der Waals surface area contributed by atoms with Crippen LogP contribution in [0.5, 0.6) is 28.9 Å². The van der Waals surface area contributed by atoms with Crippen molar-refractivity contribution in [3.8, 4) is 28.9 Å². The number of carbonyl (C=O) groups excluding carboxylic acids is 1. The lowest BCUT2D eigenvalue weighted by Crippen LogP contribution is -2.21. The smallest absolute Gasteiger partial charge is 0.323 e. The first kappa shape index (κ1) is 43.4. The van der Waals surface area contributed by atoms with Gasteiger partial charge in [-0.25, -0.2) is 9.78 Å². The molecule has 0 unspecified atom stereocenters. The summed E-state index contributed by atoms with van der Waals surface area (Å²) in [5.74, 6) is 1.55. The summed E-state index contributed by atoms with van der Waals surface area (Å²) in [4.78, 5) is 22.4. The maximum atomic E-state index is 13.5.